The second-order valence-electron chi connectivity index (χ2n) is 9.42. The maximum Gasteiger partial charge on any atom is 0.0969 e. The fourth-order valence-corrected chi connectivity index (χ4v) is 4.71. The molecule has 0 aliphatic rings. The summed E-state index contributed by atoms with van der Waals surface area (Å²) in [5, 5.41) is 1.26. The highest BCUT2D eigenvalue weighted by molar-refractivity contribution is 5.95. The Labute approximate surface area is 198 Å². The molecule has 33 heavy (non-hydrogen) atoms. The molecule has 2 heterocycles. The summed E-state index contributed by atoms with van der Waals surface area (Å²) in [6.45, 7) is 16.6. The molecule has 1 aromatic carbocycles. The molecule has 0 bridgehead atoms. The molecule has 0 N–H and O–H groups in total. The molecule has 0 spiro atoms. The molecule has 3 rings (SSSR count). The topological polar surface area (TPSA) is 36.3 Å². The summed E-state index contributed by atoms with van der Waals surface area (Å²) in [5.74, 6) is 0. The summed E-state index contributed by atoms with van der Waals surface area (Å²) in [4.78, 5) is 4.73. The minimum absolute atomic E-state index is 0.0259. The summed E-state index contributed by atoms with van der Waals surface area (Å²) in [7, 11) is 3.51. The van der Waals surface area contributed by atoms with Gasteiger partial charge in [-0.25, -0.2) is 0 Å². The van der Waals surface area contributed by atoms with Crippen molar-refractivity contribution >= 4 is 16.5 Å². The average Bonchev–Trinajstić information content (AvgIpc) is 3.10. The lowest BCUT2D eigenvalue weighted by atomic mass is 9.84. The second kappa shape index (κ2) is 10.5. The molecular weight excluding hydrogens is 408 g/mol. The van der Waals surface area contributed by atoms with E-state index in [1.54, 1.807) is 14.2 Å². The lowest BCUT2D eigenvalue weighted by molar-refractivity contribution is 0.105. The zero-order valence-electron chi connectivity index (χ0n) is 21.2. The van der Waals surface area contributed by atoms with Crippen LogP contribution >= 0.6 is 0 Å². The van der Waals surface area contributed by atoms with Crippen LogP contribution in [0.3, 0.4) is 0 Å². The van der Waals surface area contributed by atoms with E-state index < -0.39 is 0 Å². The number of allylic oxidation sites excluding steroid dienone is 3. The monoisotopic (exact) mass is 446 g/mol. The summed E-state index contributed by atoms with van der Waals surface area (Å²) in [6, 6.07) is 10.9. The molecule has 1 atom stereocenters. The number of benzene rings is 1. The van der Waals surface area contributed by atoms with E-state index in [0.717, 1.165) is 35.4 Å². The first-order valence-corrected chi connectivity index (χ1v) is 11.7. The van der Waals surface area contributed by atoms with Gasteiger partial charge in [0.25, 0.3) is 0 Å². The van der Waals surface area contributed by atoms with Gasteiger partial charge in [-0.1, -0.05) is 38.6 Å². The first-order valence-electron chi connectivity index (χ1n) is 11.7. The Bertz CT molecular complexity index is 1150. The van der Waals surface area contributed by atoms with E-state index >= 15 is 0 Å². The van der Waals surface area contributed by atoms with E-state index in [0.29, 0.717) is 6.61 Å². The number of methoxy groups -OCH3 is 2. The van der Waals surface area contributed by atoms with E-state index in [2.05, 4.69) is 69.2 Å². The Hall–Kier alpha value is -2.69. The van der Waals surface area contributed by atoms with E-state index in [9.17, 15) is 0 Å². The van der Waals surface area contributed by atoms with Crippen molar-refractivity contribution in [1.29, 1.82) is 0 Å². The minimum Gasteiger partial charge on any atom is -0.384 e. The van der Waals surface area contributed by atoms with Gasteiger partial charge in [-0.2, -0.15) is 0 Å². The van der Waals surface area contributed by atoms with Crippen molar-refractivity contribution in [3.63, 3.8) is 0 Å². The number of pyridine rings is 1. The Balaban J connectivity index is 2.39. The first-order chi connectivity index (χ1) is 15.8. The normalized spacial score (nSPS) is 13.2. The van der Waals surface area contributed by atoms with Crippen LogP contribution in [0, 0.1) is 5.41 Å². The lowest BCUT2D eigenvalue weighted by Crippen LogP contribution is -2.22. The van der Waals surface area contributed by atoms with Crippen molar-refractivity contribution in [2.45, 2.75) is 53.7 Å². The Morgan fingerprint density at radius 2 is 2.00 bits per heavy atom. The standard InChI is InChI=1S/C29H38N2O2/c1-9-12-20(3)22-14-15-26-24(17-22)25(18-29(5,6)19-32-7)28(31(26)10-2)23-13-11-16-30-27(23)21(4)33-8/h9,11-17,21H,3,10,18-19H2,1-2,4-8H3/b12-9+. The van der Waals surface area contributed by atoms with Gasteiger partial charge in [0, 0.05) is 43.4 Å². The van der Waals surface area contributed by atoms with Gasteiger partial charge in [0.1, 0.15) is 0 Å². The maximum atomic E-state index is 5.69. The van der Waals surface area contributed by atoms with Crippen LogP contribution in [0.2, 0.25) is 0 Å². The lowest BCUT2D eigenvalue weighted by Gasteiger charge is -2.25. The van der Waals surface area contributed by atoms with Crippen molar-refractivity contribution in [3.05, 3.63) is 72.1 Å². The maximum absolute atomic E-state index is 5.69. The summed E-state index contributed by atoms with van der Waals surface area (Å²) in [6.07, 6.45) is 6.73. The molecule has 0 fully saturated rings. The van der Waals surface area contributed by atoms with E-state index in [1.807, 2.05) is 25.3 Å². The largest absolute Gasteiger partial charge is 0.384 e. The Kier molecular flexibility index (Phi) is 7.93. The van der Waals surface area contributed by atoms with Crippen LogP contribution in [0.15, 0.2) is 55.3 Å². The third-order valence-corrected chi connectivity index (χ3v) is 6.25. The van der Waals surface area contributed by atoms with Gasteiger partial charge < -0.3 is 14.0 Å². The zero-order chi connectivity index (χ0) is 24.2. The number of hydrogen-bond acceptors (Lipinski definition) is 3. The molecule has 0 aliphatic heterocycles. The van der Waals surface area contributed by atoms with Crippen molar-refractivity contribution in [1.82, 2.24) is 9.55 Å². The van der Waals surface area contributed by atoms with E-state index in [1.165, 1.54) is 22.2 Å². The number of hydrogen-bond donors (Lipinski definition) is 0. The quantitative estimate of drug-likeness (QED) is 0.308. The number of nitrogens with zero attached hydrogens (tertiary/aromatic N) is 2. The molecule has 176 valence electrons. The fourth-order valence-electron chi connectivity index (χ4n) is 4.71. The SMILES string of the molecule is C=C(/C=C/C)c1ccc2c(c1)c(CC(C)(C)COC)c(-c1cccnc1C(C)OC)n2CC. The second-order valence-corrected chi connectivity index (χ2v) is 9.42. The molecule has 0 radical (unpaired) electrons. The Morgan fingerprint density at radius 1 is 1.24 bits per heavy atom. The molecule has 2 aromatic heterocycles. The minimum atomic E-state index is -0.102. The van der Waals surface area contributed by atoms with Gasteiger partial charge in [0.15, 0.2) is 0 Å². The van der Waals surface area contributed by atoms with Gasteiger partial charge >= 0.3 is 0 Å². The van der Waals surface area contributed by atoms with Crippen molar-refractivity contribution in [2.75, 3.05) is 20.8 Å². The predicted octanol–water partition coefficient (Wildman–Crippen LogP) is 7.24. The van der Waals surface area contributed by atoms with Gasteiger partial charge in [0.05, 0.1) is 24.1 Å². The highest BCUT2D eigenvalue weighted by Gasteiger charge is 2.27. The number of fused-ring (bicyclic) bond motifs is 1. The van der Waals surface area contributed by atoms with Crippen LogP contribution in [-0.4, -0.2) is 30.4 Å². The molecule has 1 unspecified atom stereocenters. The Morgan fingerprint density at radius 3 is 2.64 bits per heavy atom. The zero-order valence-corrected chi connectivity index (χ0v) is 21.2. The summed E-state index contributed by atoms with van der Waals surface area (Å²) in [5.41, 5.74) is 7.99. The van der Waals surface area contributed by atoms with Crippen molar-refractivity contribution in [2.24, 2.45) is 5.41 Å². The highest BCUT2D eigenvalue weighted by atomic mass is 16.5. The first kappa shape index (κ1) is 24.9. The molecule has 4 heteroatoms. The van der Waals surface area contributed by atoms with Crippen LogP contribution in [0.1, 0.15) is 57.5 Å². The van der Waals surface area contributed by atoms with Crippen LogP contribution in [0.25, 0.3) is 27.7 Å². The number of aromatic nitrogens is 2. The predicted molar refractivity (Wildman–Crippen MR) is 139 cm³/mol. The molecule has 0 saturated carbocycles. The number of ether oxygens (including phenoxy) is 2. The van der Waals surface area contributed by atoms with Crippen LogP contribution in [0.5, 0.6) is 0 Å². The van der Waals surface area contributed by atoms with Crippen molar-refractivity contribution < 1.29 is 9.47 Å². The summed E-state index contributed by atoms with van der Waals surface area (Å²) < 4.78 is 13.7. The van der Waals surface area contributed by atoms with Crippen LogP contribution in [-0.2, 0) is 22.4 Å². The number of rotatable bonds is 10. The molecule has 3 aromatic rings. The van der Waals surface area contributed by atoms with Gasteiger partial charge in [0.2, 0.25) is 0 Å². The third-order valence-electron chi connectivity index (χ3n) is 6.25. The van der Waals surface area contributed by atoms with Gasteiger partial charge in [-0.15, -0.1) is 0 Å². The highest BCUT2D eigenvalue weighted by Crippen LogP contribution is 2.41. The summed E-state index contributed by atoms with van der Waals surface area (Å²) >= 11 is 0. The smallest absolute Gasteiger partial charge is 0.0969 e. The van der Waals surface area contributed by atoms with Crippen LogP contribution in [0.4, 0.5) is 0 Å². The molecule has 4 nitrogen and oxygen atoms in total. The van der Waals surface area contributed by atoms with Gasteiger partial charge in [-0.3, -0.25) is 4.98 Å². The van der Waals surface area contributed by atoms with Crippen LogP contribution < -0.4 is 0 Å². The fraction of sp³-hybridized carbons (Fsp3) is 0.414. The number of aryl methyl sites for hydroxylation is 1. The molecule has 0 amide bonds. The molecule has 0 saturated heterocycles. The van der Waals surface area contributed by atoms with Gasteiger partial charge in [-0.05, 0) is 73.6 Å². The molecule has 0 aliphatic carbocycles. The van der Waals surface area contributed by atoms with E-state index in [-0.39, 0.29) is 11.5 Å². The third kappa shape index (κ3) is 5.13. The van der Waals surface area contributed by atoms with Crippen molar-refractivity contribution in [3.8, 4) is 11.3 Å². The average molecular weight is 447 g/mol. The van der Waals surface area contributed by atoms with E-state index in [4.69, 9.17) is 14.5 Å². The molecular formula is C29H38N2O2.